The summed E-state index contributed by atoms with van der Waals surface area (Å²) in [5.74, 6) is 0.547. The maximum Gasteiger partial charge on any atom is 0.415 e. The standard InChI is InChI=1S/C27H37N5O6/c1-27(18-31-16-24(32(34)35)29-26(31)38-27)19-37-22-9-7-20(8-10-22)15-30-13-11-23(12-14-30)36-17-25(33)28-21-5-3-2-4-6-21/h7-10,16,21,23H,2-6,11-15,17-19H2,1H3,(H,28,33)/t27-/m1/s1. The molecule has 2 fully saturated rings. The van der Waals surface area contributed by atoms with Gasteiger partial charge in [0, 0.05) is 30.7 Å². The van der Waals surface area contributed by atoms with Gasteiger partial charge in [-0.25, -0.2) is 0 Å². The van der Waals surface area contributed by atoms with Crippen LogP contribution in [-0.4, -0.2) is 69.3 Å². The number of hydrogen-bond donors (Lipinski definition) is 1. The summed E-state index contributed by atoms with van der Waals surface area (Å²) in [7, 11) is 0. The second-order valence-electron chi connectivity index (χ2n) is 10.9. The molecule has 1 saturated carbocycles. The van der Waals surface area contributed by atoms with Crippen molar-refractivity contribution in [3.05, 3.63) is 46.1 Å². The van der Waals surface area contributed by atoms with Crippen LogP contribution < -0.4 is 14.8 Å². The second-order valence-corrected chi connectivity index (χ2v) is 10.9. The number of piperidine rings is 1. The molecule has 1 saturated heterocycles. The number of nitro groups is 1. The van der Waals surface area contributed by atoms with Crippen LogP contribution in [0.2, 0.25) is 0 Å². The molecule has 1 aromatic carbocycles. The Labute approximate surface area is 222 Å². The van der Waals surface area contributed by atoms with Gasteiger partial charge >= 0.3 is 11.8 Å². The van der Waals surface area contributed by atoms with Gasteiger partial charge in [0.2, 0.25) is 5.91 Å². The number of nitrogens with zero attached hydrogens (tertiary/aromatic N) is 4. The number of carbonyl (C=O) groups excluding carboxylic acids is 1. The SMILES string of the molecule is C[C@]1(COc2ccc(CN3CCC(OCC(=O)NC4CCCCC4)CC3)cc2)Cn2cc([N+](=O)[O-])nc2O1. The average molecular weight is 528 g/mol. The quantitative estimate of drug-likeness (QED) is 0.368. The third kappa shape index (κ3) is 6.82. The number of amides is 1. The van der Waals surface area contributed by atoms with Crippen LogP contribution in [0.5, 0.6) is 11.8 Å². The Hall–Kier alpha value is -3.18. The lowest BCUT2D eigenvalue weighted by Gasteiger charge is -2.32. The first kappa shape index (κ1) is 26.4. The maximum absolute atomic E-state index is 12.2. The highest BCUT2D eigenvalue weighted by Gasteiger charge is 2.41. The molecule has 206 valence electrons. The molecule has 2 aromatic rings. The van der Waals surface area contributed by atoms with Gasteiger partial charge in [-0.15, -0.1) is 0 Å². The number of rotatable bonds is 10. The van der Waals surface area contributed by atoms with Crippen molar-refractivity contribution >= 4 is 11.7 Å². The van der Waals surface area contributed by atoms with Crippen LogP contribution in [0.15, 0.2) is 30.5 Å². The van der Waals surface area contributed by atoms with Crippen molar-refractivity contribution in [3.63, 3.8) is 0 Å². The summed E-state index contributed by atoms with van der Waals surface area (Å²) in [4.78, 5) is 28.9. The minimum atomic E-state index is -0.640. The lowest BCUT2D eigenvalue weighted by atomic mass is 9.95. The molecule has 2 aliphatic heterocycles. The molecule has 1 amide bonds. The summed E-state index contributed by atoms with van der Waals surface area (Å²) in [5, 5.41) is 14.0. The predicted molar refractivity (Wildman–Crippen MR) is 139 cm³/mol. The molecule has 3 heterocycles. The fourth-order valence-electron chi connectivity index (χ4n) is 5.49. The Morgan fingerprint density at radius 2 is 1.92 bits per heavy atom. The molecule has 0 unspecified atom stereocenters. The molecule has 1 N–H and O–H groups in total. The van der Waals surface area contributed by atoms with Crippen molar-refractivity contribution in [3.8, 4) is 11.8 Å². The molecule has 11 nitrogen and oxygen atoms in total. The van der Waals surface area contributed by atoms with Gasteiger partial charge in [0.25, 0.3) is 0 Å². The maximum atomic E-state index is 12.2. The van der Waals surface area contributed by atoms with Crippen molar-refractivity contribution in [2.75, 3.05) is 26.3 Å². The fourth-order valence-corrected chi connectivity index (χ4v) is 5.49. The number of likely N-dealkylation sites (tertiary alicyclic amines) is 1. The van der Waals surface area contributed by atoms with Crippen molar-refractivity contribution in [1.29, 1.82) is 0 Å². The Morgan fingerprint density at radius 1 is 1.18 bits per heavy atom. The predicted octanol–water partition coefficient (Wildman–Crippen LogP) is 3.45. The van der Waals surface area contributed by atoms with Gasteiger partial charge in [0.1, 0.15) is 25.2 Å². The number of ether oxygens (including phenoxy) is 3. The van der Waals surface area contributed by atoms with Gasteiger partial charge in [-0.1, -0.05) is 31.4 Å². The van der Waals surface area contributed by atoms with Gasteiger partial charge in [-0.2, -0.15) is 0 Å². The molecule has 3 aliphatic rings. The van der Waals surface area contributed by atoms with E-state index in [4.69, 9.17) is 14.2 Å². The zero-order chi connectivity index (χ0) is 26.5. The smallest absolute Gasteiger partial charge is 0.415 e. The third-order valence-electron chi connectivity index (χ3n) is 7.59. The van der Waals surface area contributed by atoms with E-state index in [0.29, 0.717) is 19.2 Å². The molecule has 0 radical (unpaired) electrons. The number of benzene rings is 1. The van der Waals surface area contributed by atoms with Crippen LogP contribution in [0, 0.1) is 10.1 Å². The molecule has 5 rings (SSSR count). The van der Waals surface area contributed by atoms with Gasteiger partial charge < -0.3 is 29.6 Å². The van der Waals surface area contributed by atoms with E-state index in [9.17, 15) is 14.9 Å². The van der Waals surface area contributed by atoms with Crippen LogP contribution in [-0.2, 0) is 22.6 Å². The lowest BCUT2D eigenvalue weighted by molar-refractivity contribution is -0.389. The van der Waals surface area contributed by atoms with Crippen LogP contribution >= 0.6 is 0 Å². The molecule has 1 aromatic heterocycles. The number of imidazole rings is 1. The first-order valence-electron chi connectivity index (χ1n) is 13.6. The molecule has 1 atom stereocenters. The first-order valence-corrected chi connectivity index (χ1v) is 13.6. The fraction of sp³-hybridized carbons (Fsp3) is 0.630. The highest BCUT2D eigenvalue weighted by Crippen LogP contribution is 2.31. The molecular weight excluding hydrogens is 490 g/mol. The van der Waals surface area contributed by atoms with Gasteiger partial charge in [0.15, 0.2) is 5.60 Å². The van der Waals surface area contributed by atoms with E-state index in [1.165, 1.54) is 31.0 Å². The Bertz CT molecular complexity index is 1080. The van der Waals surface area contributed by atoms with E-state index in [2.05, 4.69) is 27.3 Å². The Kier molecular flexibility index (Phi) is 8.13. The Morgan fingerprint density at radius 3 is 2.61 bits per heavy atom. The van der Waals surface area contributed by atoms with E-state index in [1.54, 1.807) is 4.57 Å². The van der Waals surface area contributed by atoms with E-state index in [1.807, 2.05) is 19.1 Å². The van der Waals surface area contributed by atoms with Crippen LogP contribution in [0.4, 0.5) is 5.82 Å². The number of aromatic nitrogens is 2. The van der Waals surface area contributed by atoms with Gasteiger partial charge in [-0.05, 0) is 55.2 Å². The number of fused-ring (bicyclic) bond motifs is 1. The molecule has 38 heavy (non-hydrogen) atoms. The van der Waals surface area contributed by atoms with Crippen LogP contribution in [0.3, 0.4) is 0 Å². The van der Waals surface area contributed by atoms with E-state index >= 15 is 0 Å². The minimum absolute atomic E-state index is 0.0186. The molecule has 0 bridgehead atoms. The van der Waals surface area contributed by atoms with Crippen LogP contribution in [0.1, 0.15) is 57.4 Å². The largest absolute Gasteiger partial charge is 0.489 e. The van der Waals surface area contributed by atoms with Crippen molar-refractivity contribution in [1.82, 2.24) is 19.8 Å². The topological polar surface area (TPSA) is 121 Å². The normalized spacial score (nSPS) is 22.6. The number of nitrogens with one attached hydrogen (secondary N) is 1. The van der Waals surface area contributed by atoms with Crippen molar-refractivity contribution in [2.45, 2.75) is 82.7 Å². The second kappa shape index (κ2) is 11.7. The first-order chi connectivity index (χ1) is 18.3. The van der Waals surface area contributed by atoms with Gasteiger partial charge in [0.05, 0.1) is 12.6 Å². The summed E-state index contributed by atoms with van der Waals surface area (Å²) in [6.45, 7) is 5.54. The monoisotopic (exact) mass is 527 g/mol. The summed E-state index contributed by atoms with van der Waals surface area (Å²) in [6.07, 6.45) is 9.25. The average Bonchev–Trinajstić information content (AvgIpc) is 3.44. The summed E-state index contributed by atoms with van der Waals surface area (Å²) >= 11 is 0. The van der Waals surface area contributed by atoms with Crippen molar-refractivity contribution < 1.29 is 23.9 Å². The zero-order valence-corrected chi connectivity index (χ0v) is 22.0. The minimum Gasteiger partial charge on any atom is -0.489 e. The van der Waals surface area contributed by atoms with Crippen molar-refractivity contribution in [2.24, 2.45) is 0 Å². The highest BCUT2D eigenvalue weighted by atomic mass is 16.6. The molecular formula is C27H37N5O6. The Balaban J connectivity index is 0.995. The van der Waals surface area contributed by atoms with E-state index in [0.717, 1.165) is 51.1 Å². The zero-order valence-electron chi connectivity index (χ0n) is 22.0. The van der Waals surface area contributed by atoms with E-state index in [-0.39, 0.29) is 30.4 Å². The summed E-state index contributed by atoms with van der Waals surface area (Å²) in [5.41, 5.74) is 0.568. The molecule has 11 heteroatoms. The molecule has 1 aliphatic carbocycles. The van der Waals surface area contributed by atoms with Crippen LogP contribution in [0.25, 0.3) is 0 Å². The van der Waals surface area contributed by atoms with E-state index < -0.39 is 10.5 Å². The summed E-state index contributed by atoms with van der Waals surface area (Å²) < 4.78 is 19.3. The number of carbonyl (C=O) groups is 1. The van der Waals surface area contributed by atoms with Gasteiger partial charge in [-0.3, -0.25) is 14.3 Å². The summed E-state index contributed by atoms with van der Waals surface area (Å²) in [6, 6.07) is 8.62. The lowest BCUT2D eigenvalue weighted by Crippen LogP contribution is -2.41. The molecule has 0 spiro atoms. The third-order valence-corrected chi connectivity index (χ3v) is 7.59. The highest BCUT2D eigenvalue weighted by molar-refractivity contribution is 5.77. The number of hydrogen-bond acceptors (Lipinski definition) is 8.